The molecule has 0 saturated carbocycles. The lowest BCUT2D eigenvalue weighted by molar-refractivity contribution is 0.0832. The van der Waals surface area contributed by atoms with Gasteiger partial charge in [0.1, 0.15) is 12.6 Å². The van der Waals surface area contributed by atoms with Crippen LogP contribution < -0.4 is 0 Å². The van der Waals surface area contributed by atoms with Crippen LogP contribution in [-0.2, 0) is 11.5 Å². The number of halogens is 1. The van der Waals surface area contributed by atoms with Gasteiger partial charge in [-0.25, -0.2) is 4.98 Å². The molecule has 0 aliphatic carbocycles. The fraction of sp³-hybridized carbons (Fsp3) is 0.550. The smallest absolute Gasteiger partial charge is 0.128 e. The molecular weight excluding hydrogens is 470 g/mol. The first kappa shape index (κ1) is 20.7. The van der Waals surface area contributed by atoms with Gasteiger partial charge in [-0.15, -0.1) is 22.7 Å². The van der Waals surface area contributed by atoms with E-state index in [2.05, 4.69) is 69.0 Å². The average Bonchev–Trinajstić information content (AvgIpc) is 3.37. The van der Waals surface area contributed by atoms with E-state index in [1.54, 1.807) is 22.7 Å². The maximum Gasteiger partial charge on any atom is 0.128 e. The van der Waals surface area contributed by atoms with E-state index in [9.17, 15) is 0 Å². The molecule has 0 N–H and O–H groups in total. The Bertz CT molecular complexity index is 959. The number of hydrogen-bond acceptors (Lipinski definition) is 5. The van der Waals surface area contributed by atoms with Crippen molar-refractivity contribution in [3.8, 4) is 11.3 Å². The first-order valence-electron chi connectivity index (χ1n) is 9.83. The van der Waals surface area contributed by atoms with Crippen molar-refractivity contribution in [3.63, 3.8) is 0 Å². The third-order valence-corrected chi connectivity index (χ3v) is 10.5. The van der Waals surface area contributed by atoms with Crippen molar-refractivity contribution < 1.29 is 4.74 Å². The lowest BCUT2D eigenvalue weighted by atomic mass is 10.2. The molecule has 3 aromatic heterocycles. The first-order chi connectivity index (χ1) is 13.3. The van der Waals surface area contributed by atoms with Crippen LogP contribution in [-0.4, -0.2) is 42.7 Å². The third kappa shape index (κ3) is 4.18. The number of likely N-dealkylation sites (tertiary alicyclic amines) is 1. The molecule has 1 saturated heterocycles. The van der Waals surface area contributed by atoms with E-state index in [4.69, 9.17) is 9.72 Å². The monoisotopic (exact) mass is 497 g/mol. The largest absolute Gasteiger partial charge is 0.361 e. The van der Waals surface area contributed by atoms with E-state index in [1.165, 1.54) is 44.0 Å². The molecule has 4 rings (SSSR count). The molecule has 28 heavy (non-hydrogen) atoms. The van der Waals surface area contributed by atoms with Gasteiger partial charge in [-0.1, -0.05) is 19.6 Å². The molecule has 0 aromatic carbocycles. The molecule has 4 heterocycles. The van der Waals surface area contributed by atoms with E-state index < -0.39 is 8.07 Å². The molecule has 0 amide bonds. The Balaban J connectivity index is 1.66. The molecule has 0 spiro atoms. The van der Waals surface area contributed by atoms with Gasteiger partial charge in [0.05, 0.1) is 27.3 Å². The average molecular weight is 499 g/mol. The maximum absolute atomic E-state index is 6.18. The van der Waals surface area contributed by atoms with E-state index in [1.807, 2.05) is 0 Å². The van der Waals surface area contributed by atoms with Crippen molar-refractivity contribution in [2.45, 2.75) is 51.3 Å². The van der Waals surface area contributed by atoms with Crippen molar-refractivity contribution in [3.05, 3.63) is 27.3 Å². The summed E-state index contributed by atoms with van der Waals surface area (Å²) in [6, 6.07) is 1.58. The highest BCUT2D eigenvalue weighted by Gasteiger charge is 2.29. The molecule has 8 heteroatoms. The van der Waals surface area contributed by atoms with Crippen LogP contribution in [0.25, 0.3) is 20.7 Å². The number of ether oxygens (including phenoxy) is 1. The molecule has 0 unspecified atom stereocenters. The summed E-state index contributed by atoms with van der Waals surface area (Å²) < 4.78 is 12.4. The minimum absolute atomic E-state index is 0.388. The molecule has 1 aliphatic heterocycles. The van der Waals surface area contributed by atoms with Gasteiger partial charge in [0.25, 0.3) is 0 Å². The minimum atomic E-state index is -1.09. The second-order valence-corrected chi connectivity index (χ2v) is 17.0. The minimum Gasteiger partial charge on any atom is -0.361 e. The summed E-state index contributed by atoms with van der Waals surface area (Å²) >= 11 is 7.28. The van der Waals surface area contributed by atoms with Gasteiger partial charge in [-0.05, 0) is 48.4 Å². The van der Waals surface area contributed by atoms with Crippen molar-refractivity contribution in [1.29, 1.82) is 0 Å². The van der Waals surface area contributed by atoms with Crippen LogP contribution in [0.4, 0.5) is 0 Å². The van der Waals surface area contributed by atoms with Crippen LogP contribution in [0.2, 0.25) is 25.7 Å². The quantitative estimate of drug-likeness (QED) is 0.269. The molecule has 1 fully saturated rings. The molecule has 3 aromatic rings. The summed E-state index contributed by atoms with van der Waals surface area (Å²) in [5.74, 6) is 1.15. The molecule has 0 bridgehead atoms. The topological polar surface area (TPSA) is 30.3 Å². The number of imidazole rings is 1. The first-order valence-corrected chi connectivity index (χ1v) is 16.1. The number of rotatable bonds is 7. The van der Waals surface area contributed by atoms with Crippen molar-refractivity contribution in [2.24, 2.45) is 0 Å². The van der Waals surface area contributed by atoms with E-state index in [0.717, 1.165) is 19.0 Å². The van der Waals surface area contributed by atoms with Crippen LogP contribution in [0.15, 0.2) is 21.4 Å². The summed E-state index contributed by atoms with van der Waals surface area (Å²) in [4.78, 5) is 7.32. The second kappa shape index (κ2) is 8.32. The second-order valence-electron chi connectivity index (χ2n) is 8.81. The Morgan fingerprint density at radius 2 is 2.04 bits per heavy atom. The number of hydrogen-bond donors (Lipinski definition) is 0. The Kier molecular flexibility index (Phi) is 6.16. The molecule has 1 aliphatic rings. The van der Waals surface area contributed by atoms with Gasteiger partial charge in [-0.3, -0.25) is 4.90 Å². The van der Waals surface area contributed by atoms with Gasteiger partial charge in [0.2, 0.25) is 0 Å². The summed E-state index contributed by atoms with van der Waals surface area (Å²) in [6.07, 6.45) is 4.46. The van der Waals surface area contributed by atoms with E-state index in [-0.39, 0.29) is 0 Å². The SMILES string of the molecule is CN1CCC[C@H]1c1ncc(-c2csc3c(Br)csc23)n1COCC[Si](C)(C)C. The molecule has 1 atom stereocenters. The van der Waals surface area contributed by atoms with Crippen molar-refractivity contribution in [1.82, 2.24) is 14.5 Å². The summed E-state index contributed by atoms with van der Waals surface area (Å²) in [6.45, 7) is 9.75. The fourth-order valence-corrected chi connectivity index (χ4v) is 7.54. The van der Waals surface area contributed by atoms with Crippen LogP contribution in [0.1, 0.15) is 24.7 Å². The fourth-order valence-electron chi connectivity index (χ4n) is 3.75. The summed E-state index contributed by atoms with van der Waals surface area (Å²) in [7, 11) is 1.12. The number of thiophene rings is 2. The van der Waals surface area contributed by atoms with Crippen LogP contribution in [0.3, 0.4) is 0 Å². The zero-order valence-electron chi connectivity index (χ0n) is 17.0. The number of nitrogens with zero attached hydrogens (tertiary/aromatic N) is 3. The predicted octanol–water partition coefficient (Wildman–Crippen LogP) is 6.67. The van der Waals surface area contributed by atoms with E-state index >= 15 is 0 Å². The lowest BCUT2D eigenvalue weighted by Gasteiger charge is -2.22. The Labute approximate surface area is 184 Å². The van der Waals surface area contributed by atoms with Gasteiger partial charge >= 0.3 is 0 Å². The van der Waals surface area contributed by atoms with Crippen LogP contribution >= 0.6 is 38.6 Å². The van der Waals surface area contributed by atoms with Crippen molar-refractivity contribution >= 4 is 56.1 Å². The number of fused-ring (bicyclic) bond motifs is 1. The highest BCUT2D eigenvalue weighted by Crippen LogP contribution is 2.43. The number of aromatic nitrogens is 2. The van der Waals surface area contributed by atoms with Gasteiger partial charge in [0.15, 0.2) is 0 Å². The Hall–Kier alpha value is -0.513. The summed E-state index contributed by atoms with van der Waals surface area (Å²) in [5, 5.41) is 4.45. The van der Waals surface area contributed by atoms with Crippen LogP contribution in [0.5, 0.6) is 0 Å². The Morgan fingerprint density at radius 1 is 1.25 bits per heavy atom. The lowest BCUT2D eigenvalue weighted by Crippen LogP contribution is -2.24. The predicted molar refractivity (Wildman–Crippen MR) is 127 cm³/mol. The molecule has 4 nitrogen and oxygen atoms in total. The zero-order chi connectivity index (χ0) is 19.9. The van der Waals surface area contributed by atoms with Crippen LogP contribution in [0, 0.1) is 0 Å². The molecule has 152 valence electrons. The van der Waals surface area contributed by atoms with Gasteiger partial charge in [-0.2, -0.15) is 0 Å². The van der Waals surface area contributed by atoms with Gasteiger partial charge in [0, 0.05) is 35.5 Å². The summed E-state index contributed by atoms with van der Waals surface area (Å²) in [5.41, 5.74) is 2.47. The highest BCUT2D eigenvalue weighted by molar-refractivity contribution is 9.10. The highest BCUT2D eigenvalue weighted by atomic mass is 79.9. The standard InChI is InChI=1S/C20H28BrN3OS2Si/c1-23-7-5-6-16(23)20-22-10-17(24(20)13-25-8-9-28(2,3)4)14-11-26-19-15(21)12-27-18(14)19/h10-12,16H,5-9,13H2,1-4H3/t16-/m0/s1. The van der Waals surface area contributed by atoms with Crippen molar-refractivity contribution in [2.75, 3.05) is 20.2 Å². The normalized spacial score (nSPS) is 18.5. The molecular formula is C20H28BrN3OS2Si. The zero-order valence-corrected chi connectivity index (χ0v) is 21.2. The molecule has 0 radical (unpaired) electrons. The van der Waals surface area contributed by atoms with E-state index in [0.29, 0.717) is 12.8 Å². The van der Waals surface area contributed by atoms with Gasteiger partial charge < -0.3 is 9.30 Å². The Morgan fingerprint density at radius 3 is 2.75 bits per heavy atom. The third-order valence-electron chi connectivity index (χ3n) is 5.44. The maximum atomic E-state index is 6.18.